The van der Waals surface area contributed by atoms with Crippen molar-refractivity contribution in [3.05, 3.63) is 0 Å². The van der Waals surface area contributed by atoms with Gasteiger partial charge in [0, 0.05) is 24.8 Å². The lowest BCUT2D eigenvalue weighted by Crippen LogP contribution is -2.35. The van der Waals surface area contributed by atoms with Crippen LogP contribution in [0.5, 0.6) is 0 Å². The molecule has 0 aromatic heterocycles. The number of ether oxygens (including phenoxy) is 2. The third kappa shape index (κ3) is 8.37. The van der Waals surface area contributed by atoms with Crippen LogP contribution in [0.15, 0.2) is 0 Å². The van der Waals surface area contributed by atoms with Gasteiger partial charge in [0.1, 0.15) is 0 Å². The van der Waals surface area contributed by atoms with E-state index >= 15 is 0 Å². The molecule has 9 heteroatoms. The number of hydrogen-bond donors (Lipinski definition) is 1. The van der Waals surface area contributed by atoms with Crippen LogP contribution < -0.4 is 5.32 Å². The summed E-state index contributed by atoms with van der Waals surface area (Å²) in [6.45, 7) is 8.10. The fourth-order valence-electron chi connectivity index (χ4n) is 1.78. The lowest BCUT2D eigenvalue weighted by atomic mass is 9.97. The van der Waals surface area contributed by atoms with E-state index in [9.17, 15) is 14.4 Å². The first kappa shape index (κ1) is 21.5. The molecule has 1 N–H and O–H groups in total. The van der Waals surface area contributed by atoms with Crippen molar-refractivity contribution in [2.45, 2.75) is 40.0 Å². The Bertz CT molecular complexity index is 487. The Morgan fingerprint density at radius 1 is 1.08 bits per heavy atom. The molecule has 0 radical (unpaired) electrons. The minimum absolute atomic E-state index is 0.0432. The van der Waals surface area contributed by atoms with Crippen molar-refractivity contribution >= 4 is 35.0 Å². The van der Waals surface area contributed by atoms with E-state index < -0.39 is 17.8 Å². The molecule has 1 aliphatic heterocycles. The van der Waals surface area contributed by atoms with Gasteiger partial charge < -0.3 is 19.6 Å². The van der Waals surface area contributed by atoms with Crippen LogP contribution in [0.2, 0.25) is 0 Å². The van der Waals surface area contributed by atoms with E-state index in [1.54, 1.807) is 0 Å². The zero-order chi connectivity index (χ0) is 18.9. The Labute approximate surface area is 153 Å². The maximum Gasteiger partial charge on any atom is 0.335 e. The number of hydroxylamine groups is 2. The van der Waals surface area contributed by atoms with Crippen LogP contribution in [-0.2, 0) is 28.7 Å². The Morgan fingerprint density at radius 3 is 2.20 bits per heavy atom. The highest BCUT2D eigenvalue weighted by Crippen LogP contribution is 2.14. The Kier molecular flexibility index (Phi) is 8.95. The molecule has 1 rings (SSSR count). The normalized spacial score (nSPS) is 14.8. The Morgan fingerprint density at radius 2 is 1.64 bits per heavy atom. The fourth-order valence-corrected chi connectivity index (χ4v) is 1.89. The Hall–Kier alpha value is -1.58. The number of hydrogen-bond acceptors (Lipinski definition) is 7. The molecule has 142 valence electrons. The minimum atomic E-state index is -0.676. The number of imide groups is 1. The van der Waals surface area contributed by atoms with Gasteiger partial charge in [-0.1, -0.05) is 33.0 Å². The van der Waals surface area contributed by atoms with Crippen LogP contribution in [0.4, 0.5) is 0 Å². The van der Waals surface area contributed by atoms with Crippen LogP contribution in [0.1, 0.15) is 40.0 Å². The Balaban J connectivity index is 1.96. The van der Waals surface area contributed by atoms with Crippen molar-refractivity contribution in [2.24, 2.45) is 5.41 Å². The van der Waals surface area contributed by atoms with E-state index in [4.69, 9.17) is 26.5 Å². The molecular formula is C16H26N2O6S. The van der Waals surface area contributed by atoms with Gasteiger partial charge in [-0.15, -0.1) is 5.06 Å². The van der Waals surface area contributed by atoms with Gasteiger partial charge in [-0.05, 0) is 0 Å². The molecule has 1 heterocycles. The molecule has 0 bridgehead atoms. The predicted molar refractivity (Wildman–Crippen MR) is 93.5 cm³/mol. The second kappa shape index (κ2) is 10.4. The van der Waals surface area contributed by atoms with Gasteiger partial charge >= 0.3 is 5.97 Å². The molecule has 0 unspecified atom stereocenters. The van der Waals surface area contributed by atoms with Crippen molar-refractivity contribution in [3.8, 4) is 0 Å². The van der Waals surface area contributed by atoms with Crippen LogP contribution in [0.3, 0.4) is 0 Å². The second-order valence-corrected chi connectivity index (χ2v) is 6.93. The first-order chi connectivity index (χ1) is 11.7. The summed E-state index contributed by atoms with van der Waals surface area (Å²) >= 11 is 5.24. The van der Waals surface area contributed by atoms with Crippen molar-refractivity contribution < 1.29 is 28.7 Å². The van der Waals surface area contributed by atoms with Gasteiger partial charge in [-0.2, -0.15) is 0 Å². The SMILES string of the molecule is CC(C)(C)C(=S)NCCOCCOCCC(=O)ON1C(=O)CCC1=O. The second-order valence-electron chi connectivity index (χ2n) is 6.53. The summed E-state index contributed by atoms with van der Waals surface area (Å²) in [5.74, 6) is -1.66. The average Bonchev–Trinajstić information content (AvgIpc) is 2.84. The van der Waals surface area contributed by atoms with E-state index in [1.165, 1.54) is 0 Å². The molecule has 0 aromatic carbocycles. The van der Waals surface area contributed by atoms with E-state index in [2.05, 4.69) is 5.32 Å². The molecular weight excluding hydrogens is 348 g/mol. The summed E-state index contributed by atoms with van der Waals surface area (Å²) < 4.78 is 10.6. The highest BCUT2D eigenvalue weighted by molar-refractivity contribution is 7.80. The van der Waals surface area contributed by atoms with Crippen LogP contribution in [0.25, 0.3) is 0 Å². The summed E-state index contributed by atoms with van der Waals surface area (Å²) in [6.07, 6.45) is 0.114. The molecule has 1 fully saturated rings. The lowest BCUT2D eigenvalue weighted by molar-refractivity contribution is -0.198. The molecule has 0 saturated carbocycles. The summed E-state index contributed by atoms with van der Waals surface area (Å²) in [5.41, 5.74) is -0.0582. The van der Waals surface area contributed by atoms with Crippen molar-refractivity contribution in [1.82, 2.24) is 10.4 Å². The third-order valence-electron chi connectivity index (χ3n) is 3.23. The highest BCUT2D eigenvalue weighted by Gasteiger charge is 2.32. The molecule has 0 atom stereocenters. The van der Waals surface area contributed by atoms with Gasteiger partial charge in [-0.25, -0.2) is 4.79 Å². The fraction of sp³-hybridized carbons (Fsp3) is 0.750. The molecule has 8 nitrogen and oxygen atoms in total. The number of carbonyl (C=O) groups is 3. The van der Waals surface area contributed by atoms with Gasteiger partial charge in [0.2, 0.25) is 0 Å². The molecule has 0 aromatic rings. The zero-order valence-electron chi connectivity index (χ0n) is 15.0. The summed E-state index contributed by atoms with van der Waals surface area (Å²) in [6, 6.07) is 0. The standard InChI is InChI=1S/C16H26N2O6S/c1-16(2,3)15(25)17-7-9-23-11-10-22-8-6-14(21)24-18-12(19)4-5-13(18)20/h4-11H2,1-3H3,(H,17,25). The van der Waals surface area contributed by atoms with Crippen molar-refractivity contribution in [3.63, 3.8) is 0 Å². The average molecular weight is 374 g/mol. The molecule has 2 amide bonds. The molecule has 1 aliphatic rings. The topological polar surface area (TPSA) is 94.2 Å². The molecule has 0 spiro atoms. The lowest BCUT2D eigenvalue weighted by Gasteiger charge is -2.21. The number of thiocarbonyl (C=S) groups is 1. The quantitative estimate of drug-likeness (QED) is 0.344. The minimum Gasteiger partial charge on any atom is -0.378 e. The maximum atomic E-state index is 11.5. The van der Waals surface area contributed by atoms with E-state index in [0.717, 1.165) is 4.99 Å². The monoisotopic (exact) mass is 374 g/mol. The third-order valence-corrected chi connectivity index (χ3v) is 3.99. The van der Waals surface area contributed by atoms with E-state index in [0.29, 0.717) is 31.4 Å². The molecule has 25 heavy (non-hydrogen) atoms. The number of rotatable bonds is 10. The summed E-state index contributed by atoms with van der Waals surface area (Å²) in [4.78, 5) is 39.6. The number of nitrogens with one attached hydrogen (secondary N) is 1. The number of amides is 2. The van der Waals surface area contributed by atoms with Crippen LogP contribution in [0, 0.1) is 5.41 Å². The summed E-state index contributed by atoms with van der Waals surface area (Å²) in [5, 5.41) is 3.65. The van der Waals surface area contributed by atoms with E-state index in [-0.39, 0.29) is 31.3 Å². The largest absolute Gasteiger partial charge is 0.378 e. The first-order valence-corrected chi connectivity index (χ1v) is 8.63. The van der Waals surface area contributed by atoms with Crippen LogP contribution >= 0.6 is 12.2 Å². The highest BCUT2D eigenvalue weighted by atomic mass is 32.1. The summed E-state index contributed by atoms with van der Waals surface area (Å²) in [7, 11) is 0. The van der Waals surface area contributed by atoms with Gasteiger partial charge in [0.15, 0.2) is 0 Å². The van der Waals surface area contributed by atoms with E-state index in [1.807, 2.05) is 20.8 Å². The van der Waals surface area contributed by atoms with Crippen LogP contribution in [-0.4, -0.2) is 60.8 Å². The smallest absolute Gasteiger partial charge is 0.335 e. The van der Waals surface area contributed by atoms with Crippen molar-refractivity contribution in [1.29, 1.82) is 0 Å². The zero-order valence-corrected chi connectivity index (χ0v) is 15.8. The van der Waals surface area contributed by atoms with Crippen molar-refractivity contribution in [2.75, 3.05) is 33.0 Å². The number of nitrogens with zero attached hydrogens (tertiary/aromatic N) is 1. The van der Waals surface area contributed by atoms with Gasteiger partial charge in [0.05, 0.1) is 37.8 Å². The van der Waals surface area contributed by atoms with Gasteiger partial charge in [0.25, 0.3) is 11.8 Å². The first-order valence-electron chi connectivity index (χ1n) is 8.22. The maximum absolute atomic E-state index is 11.5. The number of carbonyl (C=O) groups excluding carboxylic acids is 3. The van der Waals surface area contributed by atoms with Gasteiger partial charge in [-0.3, -0.25) is 9.59 Å². The molecule has 0 aliphatic carbocycles. The predicted octanol–water partition coefficient (Wildman–Crippen LogP) is 0.980. The molecule has 1 saturated heterocycles.